The van der Waals surface area contributed by atoms with Gasteiger partial charge in [-0.3, -0.25) is 14.4 Å². The highest BCUT2D eigenvalue weighted by Crippen LogP contribution is 2.29. The summed E-state index contributed by atoms with van der Waals surface area (Å²) in [6.45, 7) is 1.85. The molecule has 3 amide bonds. The Labute approximate surface area is 184 Å². The average Bonchev–Trinajstić information content (AvgIpc) is 2.78. The number of nitrogens with zero attached hydrogens (tertiary/aromatic N) is 1. The molecule has 0 aliphatic heterocycles. The largest absolute Gasteiger partial charge is 0.497 e. The molecule has 0 atom stereocenters. The van der Waals surface area contributed by atoms with Gasteiger partial charge < -0.3 is 30.0 Å². The van der Waals surface area contributed by atoms with Gasteiger partial charge >= 0.3 is 11.8 Å². The zero-order valence-electron chi connectivity index (χ0n) is 17.8. The Hall–Kier alpha value is -4.28. The fourth-order valence-corrected chi connectivity index (χ4v) is 2.44. The minimum atomic E-state index is -0.981. The molecular formula is C21H24N4O7. The lowest BCUT2D eigenvalue weighted by atomic mass is 10.2. The number of ether oxygens (including phenoxy) is 4. The lowest BCUT2D eigenvalue weighted by molar-refractivity contribution is -0.136. The van der Waals surface area contributed by atoms with Crippen molar-refractivity contribution in [2.24, 2.45) is 10.8 Å². The zero-order valence-corrected chi connectivity index (χ0v) is 17.8. The van der Waals surface area contributed by atoms with E-state index in [1.165, 1.54) is 20.4 Å². The van der Waals surface area contributed by atoms with Gasteiger partial charge in [-0.2, -0.15) is 5.10 Å². The Morgan fingerprint density at radius 2 is 1.75 bits per heavy atom. The topological polar surface area (TPSA) is 151 Å². The number of nitrogens with one attached hydrogen (secondary N) is 2. The number of rotatable bonds is 10. The Balaban J connectivity index is 2.01. The van der Waals surface area contributed by atoms with Crippen molar-refractivity contribution in [1.82, 2.24) is 5.43 Å². The van der Waals surface area contributed by atoms with E-state index >= 15 is 0 Å². The third-order valence-electron chi connectivity index (χ3n) is 3.88. The number of amides is 3. The minimum Gasteiger partial charge on any atom is -0.497 e. The maximum atomic E-state index is 12.1. The molecule has 0 bridgehead atoms. The van der Waals surface area contributed by atoms with Crippen molar-refractivity contribution < 1.29 is 33.3 Å². The summed E-state index contributed by atoms with van der Waals surface area (Å²) in [5, 5.41) is 6.21. The molecule has 0 aliphatic rings. The van der Waals surface area contributed by atoms with Gasteiger partial charge in [0.05, 0.1) is 32.7 Å². The molecule has 0 unspecified atom stereocenters. The van der Waals surface area contributed by atoms with E-state index in [1.54, 1.807) is 43.3 Å². The molecular weight excluding hydrogens is 420 g/mol. The van der Waals surface area contributed by atoms with Gasteiger partial charge in [0, 0.05) is 6.07 Å². The number of carbonyl (C=O) groups excluding carboxylic acids is 3. The smallest absolute Gasteiger partial charge is 0.329 e. The summed E-state index contributed by atoms with van der Waals surface area (Å²) >= 11 is 0. The minimum absolute atomic E-state index is 0.294. The average molecular weight is 444 g/mol. The Morgan fingerprint density at radius 1 is 0.969 bits per heavy atom. The Bertz CT molecular complexity index is 1010. The number of hydrazone groups is 1. The predicted molar refractivity (Wildman–Crippen MR) is 116 cm³/mol. The molecule has 0 aromatic heterocycles. The molecule has 0 fully saturated rings. The molecule has 170 valence electrons. The maximum Gasteiger partial charge on any atom is 0.329 e. The van der Waals surface area contributed by atoms with Gasteiger partial charge in [0.1, 0.15) is 11.5 Å². The number of anilines is 1. The second kappa shape index (κ2) is 11.8. The molecule has 11 heteroatoms. The van der Waals surface area contributed by atoms with Crippen LogP contribution in [0.5, 0.6) is 23.0 Å². The van der Waals surface area contributed by atoms with Crippen LogP contribution in [0.25, 0.3) is 0 Å². The SMILES string of the molecule is CCOc1cc(C=NNC(=O)C(=O)Nc2ccc(OC)cc2OC)ccc1OCC(N)=O. The van der Waals surface area contributed by atoms with Gasteiger partial charge in [-0.25, -0.2) is 5.43 Å². The van der Waals surface area contributed by atoms with Crippen molar-refractivity contribution in [3.8, 4) is 23.0 Å². The lowest BCUT2D eigenvalue weighted by Crippen LogP contribution is -2.32. The molecule has 11 nitrogen and oxygen atoms in total. The molecule has 0 saturated carbocycles. The summed E-state index contributed by atoms with van der Waals surface area (Å²) in [5.41, 5.74) is 8.07. The summed E-state index contributed by atoms with van der Waals surface area (Å²) in [4.78, 5) is 35.1. The van der Waals surface area contributed by atoms with Crippen LogP contribution < -0.4 is 35.4 Å². The van der Waals surface area contributed by atoms with E-state index < -0.39 is 17.7 Å². The van der Waals surface area contributed by atoms with Gasteiger partial charge in [0.25, 0.3) is 5.91 Å². The Morgan fingerprint density at radius 3 is 2.41 bits per heavy atom. The van der Waals surface area contributed by atoms with E-state index in [2.05, 4.69) is 15.8 Å². The molecule has 4 N–H and O–H groups in total. The van der Waals surface area contributed by atoms with Crippen LogP contribution >= 0.6 is 0 Å². The summed E-state index contributed by atoms with van der Waals surface area (Å²) in [5.74, 6) is -0.969. The van der Waals surface area contributed by atoms with Crippen molar-refractivity contribution in [1.29, 1.82) is 0 Å². The quantitative estimate of drug-likeness (QED) is 0.282. The molecule has 0 saturated heterocycles. The van der Waals surface area contributed by atoms with E-state index in [0.717, 1.165) is 0 Å². The van der Waals surface area contributed by atoms with Gasteiger partial charge in [-0.1, -0.05) is 0 Å². The highest BCUT2D eigenvalue weighted by Gasteiger charge is 2.16. The zero-order chi connectivity index (χ0) is 23.5. The highest BCUT2D eigenvalue weighted by molar-refractivity contribution is 6.39. The van der Waals surface area contributed by atoms with Crippen LogP contribution in [0, 0.1) is 0 Å². The van der Waals surface area contributed by atoms with Crippen molar-refractivity contribution in [3.05, 3.63) is 42.0 Å². The van der Waals surface area contributed by atoms with Crippen LogP contribution in [0.15, 0.2) is 41.5 Å². The highest BCUT2D eigenvalue weighted by atomic mass is 16.5. The normalized spacial score (nSPS) is 10.3. The van der Waals surface area contributed by atoms with Crippen LogP contribution in [0.4, 0.5) is 5.69 Å². The first-order valence-electron chi connectivity index (χ1n) is 9.42. The first-order chi connectivity index (χ1) is 15.4. The number of hydrogen-bond donors (Lipinski definition) is 3. The number of benzene rings is 2. The first-order valence-corrected chi connectivity index (χ1v) is 9.42. The fourth-order valence-electron chi connectivity index (χ4n) is 2.44. The summed E-state index contributed by atoms with van der Waals surface area (Å²) in [7, 11) is 2.92. The number of nitrogens with two attached hydrogens (primary N) is 1. The second-order valence-corrected chi connectivity index (χ2v) is 6.11. The first kappa shape index (κ1) is 24.0. The molecule has 0 aliphatic carbocycles. The molecule has 0 radical (unpaired) electrons. The van der Waals surface area contributed by atoms with Crippen molar-refractivity contribution >= 4 is 29.6 Å². The van der Waals surface area contributed by atoms with Gasteiger partial charge in [0.2, 0.25) is 0 Å². The Kier molecular flexibility index (Phi) is 8.84. The summed E-state index contributed by atoms with van der Waals surface area (Å²) in [6, 6.07) is 9.51. The van der Waals surface area contributed by atoms with Crippen LogP contribution in [-0.2, 0) is 14.4 Å². The third kappa shape index (κ3) is 6.90. The van der Waals surface area contributed by atoms with E-state index in [4.69, 9.17) is 24.7 Å². The molecule has 2 aromatic rings. The molecule has 2 rings (SSSR count). The summed E-state index contributed by atoms with van der Waals surface area (Å²) in [6.07, 6.45) is 1.32. The molecule has 0 spiro atoms. The van der Waals surface area contributed by atoms with Crippen LogP contribution in [0.2, 0.25) is 0 Å². The fraction of sp³-hybridized carbons (Fsp3) is 0.238. The van der Waals surface area contributed by atoms with Crippen molar-refractivity contribution in [2.45, 2.75) is 6.92 Å². The van der Waals surface area contributed by atoms with Crippen molar-refractivity contribution in [3.63, 3.8) is 0 Å². The van der Waals surface area contributed by atoms with E-state index in [1.807, 2.05) is 0 Å². The van der Waals surface area contributed by atoms with E-state index in [-0.39, 0.29) is 6.61 Å². The van der Waals surface area contributed by atoms with Gasteiger partial charge in [-0.15, -0.1) is 0 Å². The molecule has 32 heavy (non-hydrogen) atoms. The van der Waals surface area contributed by atoms with E-state index in [9.17, 15) is 14.4 Å². The third-order valence-corrected chi connectivity index (χ3v) is 3.88. The number of carbonyl (C=O) groups is 3. The van der Waals surface area contributed by atoms with Crippen molar-refractivity contribution in [2.75, 3.05) is 32.8 Å². The number of hydrogen-bond acceptors (Lipinski definition) is 8. The van der Waals surface area contributed by atoms with Gasteiger partial charge in [-0.05, 0) is 42.8 Å². The maximum absolute atomic E-state index is 12.1. The van der Waals surface area contributed by atoms with Crippen LogP contribution in [0.1, 0.15) is 12.5 Å². The number of methoxy groups -OCH3 is 2. The van der Waals surface area contributed by atoms with E-state index in [0.29, 0.717) is 40.9 Å². The van der Waals surface area contributed by atoms with Crippen LogP contribution in [0.3, 0.4) is 0 Å². The standard InChI is InChI=1S/C21H24N4O7/c1-4-31-18-9-13(5-8-16(18)32-12-19(22)26)11-23-25-21(28)20(27)24-15-7-6-14(29-2)10-17(15)30-3/h5-11H,4,12H2,1-3H3,(H2,22,26)(H,24,27)(H,25,28). The summed E-state index contributed by atoms with van der Waals surface area (Å²) < 4.78 is 21.0. The van der Waals surface area contributed by atoms with Gasteiger partial charge in [0.15, 0.2) is 18.1 Å². The lowest BCUT2D eigenvalue weighted by Gasteiger charge is -2.11. The van der Waals surface area contributed by atoms with Crippen LogP contribution in [-0.4, -0.2) is 51.4 Å². The molecule has 2 aromatic carbocycles. The predicted octanol–water partition coefficient (Wildman–Crippen LogP) is 1.06. The second-order valence-electron chi connectivity index (χ2n) is 6.11. The molecule has 0 heterocycles. The number of primary amides is 1. The monoisotopic (exact) mass is 444 g/mol.